The van der Waals surface area contributed by atoms with Gasteiger partial charge in [-0.25, -0.2) is 4.98 Å². The number of nitrogens with one attached hydrogen (secondary N) is 1. The van der Waals surface area contributed by atoms with Gasteiger partial charge in [0.2, 0.25) is 0 Å². The maximum Gasteiger partial charge on any atom is 0.257 e. The summed E-state index contributed by atoms with van der Waals surface area (Å²) in [6.07, 6.45) is 4.07. The second-order valence-electron chi connectivity index (χ2n) is 7.19. The van der Waals surface area contributed by atoms with Crippen LogP contribution in [0.15, 0.2) is 42.6 Å². The smallest absolute Gasteiger partial charge is 0.257 e. The Balaban J connectivity index is 1.67. The van der Waals surface area contributed by atoms with E-state index in [9.17, 15) is 4.79 Å². The average Bonchev–Trinajstić information content (AvgIpc) is 2.64. The topological polar surface area (TPSA) is 54.5 Å². The SMILES string of the molecule is CC1CCN(c2ccc(C(=O)Nc3ccccc3OC(C)C)cn2)CC1. The summed E-state index contributed by atoms with van der Waals surface area (Å²) in [5.74, 6) is 2.21. The van der Waals surface area contributed by atoms with E-state index in [-0.39, 0.29) is 12.0 Å². The largest absolute Gasteiger partial charge is 0.489 e. The van der Waals surface area contributed by atoms with Crippen molar-refractivity contribution >= 4 is 17.4 Å². The van der Waals surface area contributed by atoms with Gasteiger partial charge in [-0.2, -0.15) is 0 Å². The van der Waals surface area contributed by atoms with E-state index in [1.807, 2.05) is 50.2 Å². The minimum Gasteiger partial charge on any atom is -0.489 e. The fourth-order valence-corrected chi connectivity index (χ4v) is 3.07. The average molecular weight is 353 g/mol. The molecule has 0 saturated carbocycles. The normalized spacial score (nSPS) is 15.2. The van der Waals surface area contributed by atoms with Gasteiger partial charge < -0.3 is 15.0 Å². The first-order valence-corrected chi connectivity index (χ1v) is 9.31. The Morgan fingerprint density at radius 3 is 2.58 bits per heavy atom. The van der Waals surface area contributed by atoms with Crippen molar-refractivity contribution in [3.05, 3.63) is 48.2 Å². The van der Waals surface area contributed by atoms with Crippen LogP contribution in [0.25, 0.3) is 0 Å². The lowest BCUT2D eigenvalue weighted by atomic mass is 9.99. The van der Waals surface area contributed by atoms with Gasteiger partial charge >= 0.3 is 0 Å². The summed E-state index contributed by atoms with van der Waals surface area (Å²) in [7, 11) is 0. The lowest BCUT2D eigenvalue weighted by Gasteiger charge is -2.31. The number of hydrogen-bond acceptors (Lipinski definition) is 4. The van der Waals surface area contributed by atoms with Gasteiger partial charge in [-0.15, -0.1) is 0 Å². The van der Waals surface area contributed by atoms with Crippen LogP contribution in [0.5, 0.6) is 5.75 Å². The van der Waals surface area contributed by atoms with E-state index >= 15 is 0 Å². The number of amides is 1. The molecule has 5 nitrogen and oxygen atoms in total. The zero-order valence-electron chi connectivity index (χ0n) is 15.7. The molecule has 0 spiro atoms. The number of aromatic nitrogens is 1. The number of nitrogens with zero attached hydrogens (tertiary/aromatic N) is 2. The molecule has 0 unspecified atom stereocenters. The molecule has 1 aliphatic rings. The first-order chi connectivity index (χ1) is 12.5. The molecule has 2 heterocycles. The maximum atomic E-state index is 12.6. The summed E-state index contributed by atoms with van der Waals surface area (Å²) in [6.45, 7) is 8.27. The number of ether oxygens (including phenoxy) is 1. The van der Waals surface area contributed by atoms with Gasteiger partial charge in [0.15, 0.2) is 0 Å². The van der Waals surface area contributed by atoms with Crippen LogP contribution in [0.3, 0.4) is 0 Å². The third-order valence-electron chi connectivity index (χ3n) is 4.62. The third-order valence-corrected chi connectivity index (χ3v) is 4.62. The van der Waals surface area contributed by atoms with Crippen molar-refractivity contribution in [2.45, 2.75) is 39.7 Å². The molecule has 26 heavy (non-hydrogen) atoms. The van der Waals surface area contributed by atoms with Gasteiger partial charge in [0.05, 0.1) is 17.4 Å². The molecule has 1 saturated heterocycles. The standard InChI is InChI=1S/C21H27N3O2/c1-15(2)26-19-7-5-4-6-18(19)23-21(25)17-8-9-20(22-14-17)24-12-10-16(3)11-13-24/h4-9,14-16H,10-13H2,1-3H3,(H,23,25). The van der Waals surface area contributed by atoms with Gasteiger partial charge in [0.25, 0.3) is 5.91 Å². The highest BCUT2D eigenvalue weighted by Crippen LogP contribution is 2.26. The van der Waals surface area contributed by atoms with E-state index in [0.29, 0.717) is 17.0 Å². The summed E-state index contributed by atoms with van der Waals surface area (Å²) in [5, 5.41) is 2.92. The van der Waals surface area contributed by atoms with Crippen molar-refractivity contribution in [2.75, 3.05) is 23.3 Å². The van der Waals surface area contributed by atoms with Crippen LogP contribution in [0.1, 0.15) is 44.0 Å². The van der Waals surface area contributed by atoms with E-state index in [1.54, 1.807) is 6.20 Å². The Morgan fingerprint density at radius 2 is 1.92 bits per heavy atom. The second-order valence-corrected chi connectivity index (χ2v) is 7.19. The molecule has 3 rings (SSSR count). The molecule has 0 bridgehead atoms. The fraction of sp³-hybridized carbons (Fsp3) is 0.429. The minimum atomic E-state index is -0.184. The highest BCUT2D eigenvalue weighted by atomic mass is 16.5. The highest BCUT2D eigenvalue weighted by molar-refractivity contribution is 6.04. The van der Waals surface area contributed by atoms with Crippen LogP contribution >= 0.6 is 0 Å². The molecule has 1 N–H and O–H groups in total. The molecule has 1 amide bonds. The van der Waals surface area contributed by atoms with Crippen molar-refractivity contribution in [1.82, 2.24) is 4.98 Å². The Morgan fingerprint density at radius 1 is 1.19 bits per heavy atom. The van der Waals surface area contributed by atoms with E-state index < -0.39 is 0 Å². The molecule has 0 atom stereocenters. The summed E-state index contributed by atoms with van der Waals surface area (Å²) < 4.78 is 5.75. The van der Waals surface area contributed by atoms with Crippen molar-refractivity contribution < 1.29 is 9.53 Å². The summed E-state index contributed by atoms with van der Waals surface area (Å²) in [6, 6.07) is 11.2. The van der Waals surface area contributed by atoms with Crippen molar-refractivity contribution in [3.8, 4) is 5.75 Å². The molecule has 1 aromatic carbocycles. The quantitative estimate of drug-likeness (QED) is 0.868. The molecule has 0 aliphatic carbocycles. The molecule has 0 radical (unpaired) electrons. The maximum absolute atomic E-state index is 12.6. The predicted octanol–water partition coefficient (Wildman–Crippen LogP) is 4.36. The molecular formula is C21H27N3O2. The number of benzene rings is 1. The molecule has 5 heteroatoms. The highest BCUT2D eigenvalue weighted by Gasteiger charge is 2.17. The molecule has 138 valence electrons. The van der Waals surface area contributed by atoms with Gasteiger partial charge in [-0.3, -0.25) is 4.79 Å². The zero-order chi connectivity index (χ0) is 18.5. The van der Waals surface area contributed by atoms with Gasteiger partial charge in [0, 0.05) is 19.3 Å². The number of rotatable bonds is 5. The molecule has 2 aromatic rings. The molecule has 1 aliphatic heterocycles. The van der Waals surface area contributed by atoms with E-state index in [4.69, 9.17) is 4.74 Å². The number of piperidine rings is 1. The Labute approximate surface area is 155 Å². The lowest BCUT2D eigenvalue weighted by Crippen LogP contribution is -2.33. The molecular weight excluding hydrogens is 326 g/mol. The van der Waals surface area contributed by atoms with E-state index in [1.165, 1.54) is 12.8 Å². The van der Waals surface area contributed by atoms with Crippen molar-refractivity contribution in [3.63, 3.8) is 0 Å². The molecule has 1 aromatic heterocycles. The number of anilines is 2. The van der Waals surface area contributed by atoms with Crippen LogP contribution in [0.2, 0.25) is 0 Å². The number of carbonyl (C=O) groups excluding carboxylic acids is 1. The Bertz CT molecular complexity index is 735. The van der Waals surface area contributed by atoms with Crippen LogP contribution in [-0.2, 0) is 0 Å². The fourth-order valence-electron chi connectivity index (χ4n) is 3.07. The first kappa shape index (κ1) is 18.2. The monoisotopic (exact) mass is 353 g/mol. The van der Waals surface area contributed by atoms with E-state index in [0.717, 1.165) is 24.8 Å². The van der Waals surface area contributed by atoms with Crippen LogP contribution in [-0.4, -0.2) is 30.1 Å². The van der Waals surface area contributed by atoms with Gasteiger partial charge in [-0.1, -0.05) is 19.1 Å². The number of pyridine rings is 1. The van der Waals surface area contributed by atoms with E-state index in [2.05, 4.69) is 22.1 Å². The second kappa shape index (κ2) is 8.21. The van der Waals surface area contributed by atoms with Crippen LogP contribution < -0.4 is 15.0 Å². The van der Waals surface area contributed by atoms with Crippen molar-refractivity contribution in [1.29, 1.82) is 0 Å². The minimum absolute atomic E-state index is 0.0428. The Kier molecular flexibility index (Phi) is 5.76. The van der Waals surface area contributed by atoms with Crippen LogP contribution in [0, 0.1) is 5.92 Å². The third kappa shape index (κ3) is 4.54. The predicted molar refractivity (Wildman–Crippen MR) is 105 cm³/mol. The molecule has 1 fully saturated rings. The van der Waals surface area contributed by atoms with Crippen LogP contribution in [0.4, 0.5) is 11.5 Å². The van der Waals surface area contributed by atoms with Gasteiger partial charge in [0.1, 0.15) is 11.6 Å². The van der Waals surface area contributed by atoms with Crippen molar-refractivity contribution in [2.24, 2.45) is 5.92 Å². The zero-order valence-corrected chi connectivity index (χ0v) is 15.7. The number of para-hydroxylation sites is 2. The Hall–Kier alpha value is -2.56. The summed E-state index contributed by atoms with van der Waals surface area (Å²) in [4.78, 5) is 19.3. The van der Waals surface area contributed by atoms with Gasteiger partial charge in [-0.05, 0) is 56.9 Å². The summed E-state index contributed by atoms with van der Waals surface area (Å²) in [5.41, 5.74) is 1.21. The number of carbonyl (C=O) groups is 1. The first-order valence-electron chi connectivity index (χ1n) is 9.31. The number of hydrogen-bond donors (Lipinski definition) is 1. The summed E-state index contributed by atoms with van der Waals surface area (Å²) >= 11 is 0. The lowest BCUT2D eigenvalue weighted by molar-refractivity contribution is 0.102.